The summed E-state index contributed by atoms with van der Waals surface area (Å²) in [6.07, 6.45) is 2.05. The zero-order chi connectivity index (χ0) is 14.0. The Morgan fingerprint density at radius 1 is 1.47 bits per heavy atom. The van der Waals surface area contributed by atoms with E-state index in [1.54, 1.807) is 17.8 Å². The third-order valence-corrected chi connectivity index (χ3v) is 4.33. The van der Waals surface area contributed by atoms with Crippen LogP contribution in [0, 0.1) is 0 Å². The fourth-order valence-electron chi connectivity index (χ4n) is 2.14. The maximum atomic E-state index is 12.6. The zero-order valence-electron chi connectivity index (χ0n) is 11.4. The van der Waals surface area contributed by atoms with Crippen LogP contribution < -0.4 is 0 Å². The van der Waals surface area contributed by atoms with Crippen LogP contribution in [0.4, 0.5) is 0 Å². The lowest BCUT2D eigenvalue weighted by Gasteiger charge is -2.37. The fourth-order valence-corrected chi connectivity index (χ4v) is 2.77. The van der Waals surface area contributed by atoms with Crippen molar-refractivity contribution in [2.45, 2.75) is 30.9 Å². The molecule has 2 unspecified atom stereocenters. The summed E-state index contributed by atoms with van der Waals surface area (Å²) in [4.78, 5) is 15.5. The van der Waals surface area contributed by atoms with Crippen molar-refractivity contribution in [2.75, 3.05) is 19.4 Å². The second-order valence-electron chi connectivity index (χ2n) is 4.80. The quantitative estimate of drug-likeness (QED) is 0.785. The Morgan fingerprint density at radius 2 is 2.21 bits per heavy atom. The van der Waals surface area contributed by atoms with Gasteiger partial charge in [0, 0.05) is 11.4 Å². The first-order valence-corrected chi connectivity index (χ1v) is 7.89. The number of hydrogen-bond donors (Lipinski definition) is 0. The van der Waals surface area contributed by atoms with E-state index in [1.165, 1.54) is 0 Å². The van der Waals surface area contributed by atoms with Gasteiger partial charge in [-0.1, -0.05) is 11.6 Å². The fraction of sp³-hybridized carbons (Fsp3) is 0.500. The van der Waals surface area contributed by atoms with Gasteiger partial charge in [-0.25, -0.2) is 0 Å². The number of ether oxygens (including phenoxy) is 1. The monoisotopic (exact) mass is 299 g/mol. The van der Waals surface area contributed by atoms with Gasteiger partial charge >= 0.3 is 0 Å². The summed E-state index contributed by atoms with van der Waals surface area (Å²) in [5, 5.41) is 0.508. The summed E-state index contributed by atoms with van der Waals surface area (Å²) >= 11 is 7.77. The number of halogens is 1. The number of carbonyl (C=O) groups excluding carboxylic acids is 1. The molecule has 0 spiro atoms. The van der Waals surface area contributed by atoms with Gasteiger partial charge in [0.1, 0.15) is 0 Å². The van der Waals surface area contributed by atoms with Crippen molar-refractivity contribution in [1.82, 2.24) is 4.90 Å². The molecule has 104 valence electrons. The number of carbonyl (C=O) groups is 1. The van der Waals surface area contributed by atoms with Crippen LogP contribution in [0.15, 0.2) is 23.1 Å². The van der Waals surface area contributed by atoms with Gasteiger partial charge in [0.05, 0.1) is 29.3 Å². The molecule has 0 radical (unpaired) electrons. The molecule has 1 aliphatic rings. The summed E-state index contributed by atoms with van der Waals surface area (Å²) < 4.78 is 5.55. The Hall–Kier alpha value is -0.710. The highest BCUT2D eigenvalue weighted by Crippen LogP contribution is 2.25. The van der Waals surface area contributed by atoms with E-state index in [4.69, 9.17) is 16.3 Å². The van der Waals surface area contributed by atoms with Crippen LogP contribution >= 0.6 is 23.4 Å². The predicted octanol–water partition coefficient (Wildman–Crippen LogP) is 3.31. The first kappa shape index (κ1) is 14.7. The lowest BCUT2D eigenvalue weighted by atomic mass is 10.1. The molecule has 19 heavy (non-hydrogen) atoms. The molecule has 2 rings (SSSR count). The molecule has 3 nitrogen and oxygen atoms in total. The smallest absolute Gasteiger partial charge is 0.255 e. The van der Waals surface area contributed by atoms with E-state index in [0.717, 1.165) is 4.90 Å². The molecule has 0 saturated carbocycles. The Bertz CT molecular complexity index is 481. The van der Waals surface area contributed by atoms with Gasteiger partial charge in [-0.15, -0.1) is 11.8 Å². The third kappa shape index (κ3) is 3.25. The zero-order valence-corrected chi connectivity index (χ0v) is 12.9. The van der Waals surface area contributed by atoms with Crippen LogP contribution in [-0.4, -0.2) is 42.4 Å². The van der Waals surface area contributed by atoms with E-state index in [1.807, 2.05) is 37.1 Å². The number of rotatable bonds is 2. The molecular weight excluding hydrogens is 282 g/mol. The number of thioether (sulfide) groups is 1. The first-order chi connectivity index (χ1) is 9.02. The molecule has 0 aromatic heterocycles. The summed E-state index contributed by atoms with van der Waals surface area (Å²) in [5.41, 5.74) is 0.578. The number of benzene rings is 1. The maximum Gasteiger partial charge on any atom is 0.255 e. The second kappa shape index (κ2) is 6.16. The molecule has 1 aliphatic heterocycles. The molecule has 1 aromatic carbocycles. The van der Waals surface area contributed by atoms with Crippen molar-refractivity contribution in [1.29, 1.82) is 0 Å². The standard InChI is InChI=1S/C14H18ClNO2S/c1-9-8-18-10(2)7-16(9)14(17)12-6-11(19-3)4-5-13(12)15/h4-6,9-10H,7-8H2,1-3H3. The van der Waals surface area contributed by atoms with E-state index in [9.17, 15) is 4.79 Å². The summed E-state index contributed by atoms with van der Waals surface area (Å²) in [6.45, 7) is 5.16. The van der Waals surface area contributed by atoms with Crippen molar-refractivity contribution in [2.24, 2.45) is 0 Å². The molecule has 1 saturated heterocycles. The molecule has 2 atom stereocenters. The average Bonchev–Trinajstić information content (AvgIpc) is 2.41. The first-order valence-electron chi connectivity index (χ1n) is 6.29. The van der Waals surface area contributed by atoms with E-state index in [2.05, 4.69) is 0 Å². The number of hydrogen-bond acceptors (Lipinski definition) is 3. The molecule has 1 amide bonds. The van der Waals surface area contributed by atoms with Gasteiger partial charge in [0.15, 0.2) is 0 Å². The Morgan fingerprint density at radius 3 is 2.89 bits per heavy atom. The lowest BCUT2D eigenvalue weighted by molar-refractivity contribution is -0.0387. The number of nitrogens with zero attached hydrogens (tertiary/aromatic N) is 1. The largest absolute Gasteiger partial charge is 0.375 e. The van der Waals surface area contributed by atoms with E-state index >= 15 is 0 Å². The van der Waals surface area contributed by atoms with Gasteiger partial charge in [0.2, 0.25) is 0 Å². The second-order valence-corrected chi connectivity index (χ2v) is 6.08. The third-order valence-electron chi connectivity index (χ3n) is 3.27. The topological polar surface area (TPSA) is 29.5 Å². The minimum Gasteiger partial charge on any atom is -0.375 e. The SMILES string of the molecule is CSc1ccc(Cl)c(C(=O)N2CC(C)OCC2C)c1. The minimum atomic E-state index is -0.0106. The van der Waals surface area contributed by atoms with Gasteiger partial charge in [-0.3, -0.25) is 4.79 Å². The Balaban J connectivity index is 2.27. The van der Waals surface area contributed by atoms with E-state index in [0.29, 0.717) is 23.7 Å². The van der Waals surface area contributed by atoms with Crippen LogP contribution in [0.2, 0.25) is 5.02 Å². The van der Waals surface area contributed by atoms with Crippen molar-refractivity contribution >= 4 is 29.3 Å². The van der Waals surface area contributed by atoms with Gasteiger partial charge in [-0.2, -0.15) is 0 Å². The Kier molecular flexibility index (Phi) is 4.76. The van der Waals surface area contributed by atoms with Crippen LogP contribution in [0.5, 0.6) is 0 Å². The highest BCUT2D eigenvalue weighted by Gasteiger charge is 2.29. The average molecular weight is 300 g/mol. The highest BCUT2D eigenvalue weighted by atomic mass is 35.5. The predicted molar refractivity (Wildman–Crippen MR) is 79.1 cm³/mol. The van der Waals surface area contributed by atoms with E-state index in [-0.39, 0.29) is 18.1 Å². The van der Waals surface area contributed by atoms with Gasteiger partial charge in [0.25, 0.3) is 5.91 Å². The number of morpholine rings is 1. The summed E-state index contributed by atoms with van der Waals surface area (Å²) in [5.74, 6) is -0.0106. The normalized spacial score (nSPS) is 23.5. The van der Waals surface area contributed by atoms with Crippen molar-refractivity contribution in [3.63, 3.8) is 0 Å². The molecule has 1 fully saturated rings. The highest BCUT2D eigenvalue weighted by molar-refractivity contribution is 7.98. The van der Waals surface area contributed by atoms with Crippen molar-refractivity contribution in [3.05, 3.63) is 28.8 Å². The number of amides is 1. The van der Waals surface area contributed by atoms with Gasteiger partial charge in [-0.05, 0) is 38.3 Å². The molecule has 1 heterocycles. The summed E-state index contributed by atoms with van der Waals surface area (Å²) in [6, 6.07) is 5.66. The molecule has 0 aliphatic carbocycles. The van der Waals surface area contributed by atoms with Crippen molar-refractivity contribution in [3.8, 4) is 0 Å². The van der Waals surface area contributed by atoms with Crippen LogP contribution in [-0.2, 0) is 4.74 Å². The molecule has 5 heteroatoms. The lowest BCUT2D eigenvalue weighted by Crippen LogP contribution is -2.50. The van der Waals surface area contributed by atoms with Crippen LogP contribution in [0.1, 0.15) is 24.2 Å². The maximum absolute atomic E-state index is 12.6. The van der Waals surface area contributed by atoms with Crippen LogP contribution in [0.25, 0.3) is 0 Å². The molecule has 1 aromatic rings. The minimum absolute atomic E-state index is 0.0106. The van der Waals surface area contributed by atoms with Crippen molar-refractivity contribution < 1.29 is 9.53 Å². The van der Waals surface area contributed by atoms with E-state index < -0.39 is 0 Å². The molecular formula is C14H18ClNO2S. The molecule has 0 N–H and O–H groups in total. The summed E-state index contributed by atoms with van der Waals surface area (Å²) in [7, 11) is 0. The van der Waals surface area contributed by atoms with Gasteiger partial charge < -0.3 is 9.64 Å². The van der Waals surface area contributed by atoms with Crippen LogP contribution in [0.3, 0.4) is 0 Å². The Labute approximate surface area is 123 Å². The molecule has 0 bridgehead atoms.